The van der Waals surface area contributed by atoms with Crippen LogP contribution < -0.4 is 10.1 Å². The molecule has 0 atom stereocenters. The van der Waals surface area contributed by atoms with Crippen LogP contribution in [0.15, 0.2) is 24.3 Å². The maximum atomic E-state index is 11.6. The Morgan fingerprint density at radius 2 is 1.83 bits per heavy atom. The Morgan fingerprint density at radius 3 is 2.33 bits per heavy atom. The monoisotopic (exact) mass is 249 g/mol. The molecule has 0 aliphatic carbocycles. The van der Waals surface area contributed by atoms with Crippen molar-refractivity contribution < 1.29 is 9.53 Å². The number of hydrogen-bond donors (Lipinski definition) is 1. The molecule has 0 aliphatic heterocycles. The summed E-state index contributed by atoms with van der Waals surface area (Å²) >= 11 is 0. The Kier molecular flexibility index (Phi) is 5.20. The van der Waals surface area contributed by atoms with Gasteiger partial charge in [0.25, 0.3) is 5.91 Å². The lowest BCUT2D eigenvalue weighted by Gasteiger charge is -2.18. The molecule has 0 spiro atoms. The number of carbonyl (C=O) groups is 1. The van der Waals surface area contributed by atoms with Gasteiger partial charge in [-0.1, -0.05) is 39.8 Å². The summed E-state index contributed by atoms with van der Waals surface area (Å²) in [6.45, 7) is 9.08. The number of carbonyl (C=O) groups excluding carboxylic acids is 1. The zero-order valence-corrected chi connectivity index (χ0v) is 11.7. The van der Waals surface area contributed by atoms with Gasteiger partial charge in [0.1, 0.15) is 5.75 Å². The Bertz CT molecular complexity index is 376. The van der Waals surface area contributed by atoms with E-state index in [2.05, 4.69) is 33.0 Å². The van der Waals surface area contributed by atoms with Crippen LogP contribution in [-0.2, 0) is 11.2 Å². The molecule has 1 amide bonds. The highest BCUT2D eigenvalue weighted by Crippen LogP contribution is 2.12. The van der Waals surface area contributed by atoms with Crippen LogP contribution in [0.2, 0.25) is 0 Å². The molecule has 0 aromatic heterocycles. The molecule has 3 heteroatoms. The second-order valence-corrected chi connectivity index (χ2v) is 5.62. The van der Waals surface area contributed by atoms with E-state index in [0.29, 0.717) is 6.54 Å². The summed E-state index contributed by atoms with van der Waals surface area (Å²) in [5.74, 6) is 0.655. The van der Waals surface area contributed by atoms with Crippen LogP contribution in [0.5, 0.6) is 5.75 Å². The van der Waals surface area contributed by atoms with Crippen LogP contribution in [-0.4, -0.2) is 19.1 Å². The van der Waals surface area contributed by atoms with Gasteiger partial charge in [0, 0.05) is 6.54 Å². The standard InChI is InChI=1S/C15H23NO2/c1-5-12-6-8-13(9-7-12)18-10-14(17)16-11-15(2,3)4/h6-9H,5,10-11H2,1-4H3,(H,16,17). The predicted molar refractivity (Wildman–Crippen MR) is 73.8 cm³/mol. The van der Waals surface area contributed by atoms with Gasteiger partial charge in [-0.2, -0.15) is 0 Å². The summed E-state index contributed by atoms with van der Waals surface area (Å²) in [7, 11) is 0. The van der Waals surface area contributed by atoms with Gasteiger partial charge < -0.3 is 10.1 Å². The van der Waals surface area contributed by atoms with Gasteiger partial charge in [-0.25, -0.2) is 0 Å². The van der Waals surface area contributed by atoms with Crippen molar-refractivity contribution in [2.75, 3.05) is 13.2 Å². The minimum absolute atomic E-state index is 0.0710. The Hall–Kier alpha value is -1.51. The topological polar surface area (TPSA) is 38.3 Å². The van der Waals surface area contributed by atoms with Gasteiger partial charge in [-0.3, -0.25) is 4.79 Å². The predicted octanol–water partition coefficient (Wildman–Crippen LogP) is 2.79. The summed E-state index contributed by atoms with van der Waals surface area (Å²) in [5.41, 5.74) is 1.36. The van der Waals surface area contributed by atoms with Gasteiger partial charge >= 0.3 is 0 Å². The molecule has 1 aromatic rings. The van der Waals surface area contributed by atoms with Crippen molar-refractivity contribution in [2.24, 2.45) is 5.41 Å². The lowest BCUT2D eigenvalue weighted by Crippen LogP contribution is -2.35. The van der Waals surface area contributed by atoms with Crippen molar-refractivity contribution in [2.45, 2.75) is 34.1 Å². The van der Waals surface area contributed by atoms with E-state index >= 15 is 0 Å². The highest BCUT2D eigenvalue weighted by molar-refractivity contribution is 5.77. The smallest absolute Gasteiger partial charge is 0.257 e. The van der Waals surface area contributed by atoms with Crippen molar-refractivity contribution in [3.8, 4) is 5.75 Å². The van der Waals surface area contributed by atoms with Crippen molar-refractivity contribution in [3.05, 3.63) is 29.8 Å². The summed E-state index contributed by atoms with van der Waals surface area (Å²) in [6, 6.07) is 7.83. The molecule has 0 heterocycles. The van der Waals surface area contributed by atoms with Crippen LogP contribution >= 0.6 is 0 Å². The molecule has 1 aromatic carbocycles. The van der Waals surface area contributed by atoms with Crippen molar-refractivity contribution in [3.63, 3.8) is 0 Å². The van der Waals surface area contributed by atoms with E-state index in [1.807, 2.05) is 24.3 Å². The molecule has 100 valence electrons. The number of ether oxygens (including phenoxy) is 1. The molecular weight excluding hydrogens is 226 g/mol. The first-order valence-corrected chi connectivity index (χ1v) is 6.39. The van der Waals surface area contributed by atoms with Crippen LogP contribution in [0.4, 0.5) is 0 Å². The summed E-state index contributed by atoms with van der Waals surface area (Å²) in [5, 5.41) is 2.85. The summed E-state index contributed by atoms with van der Waals surface area (Å²) < 4.78 is 5.42. The molecule has 0 aliphatic rings. The van der Waals surface area contributed by atoms with E-state index in [9.17, 15) is 4.79 Å². The maximum absolute atomic E-state index is 11.6. The van der Waals surface area contributed by atoms with Crippen LogP contribution in [0.25, 0.3) is 0 Å². The minimum atomic E-state index is -0.0792. The lowest BCUT2D eigenvalue weighted by atomic mass is 9.97. The maximum Gasteiger partial charge on any atom is 0.257 e. The normalized spacial score (nSPS) is 11.1. The number of aryl methyl sites for hydroxylation is 1. The average Bonchev–Trinajstić information content (AvgIpc) is 2.33. The first-order valence-electron chi connectivity index (χ1n) is 6.39. The largest absolute Gasteiger partial charge is 0.484 e. The van der Waals surface area contributed by atoms with Crippen LogP contribution in [0.1, 0.15) is 33.3 Å². The highest BCUT2D eigenvalue weighted by Gasteiger charge is 2.11. The molecule has 0 saturated carbocycles. The second kappa shape index (κ2) is 6.43. The first-order chi connectivity index (χ1) is 8.40. The summed E-state index contributed by atoms with van der Waals surface area (Å²) in [6.07, 6.45) is 1.01. The van der Waals surface area contributed by atoms with Gasteiger partial charge in [-0.05, 0) is 29.5 Å². The third-order valence-electron chi connectivity index (χ3n) is 2.52. The Balaban J connectivity index is 2.33. The molecule has 3 nitrogen and oxygen atoms in total. The first kappa shape index (κ1) is 14.6. The highest BCUT2D eigenvalue weighted by atomic mass is 16.5. The third-order valence-corrected chi connectivity index (χ3v) is 2.52. The fraction of sp³-hybridized carbons (Fsp3) is 0.533. The minimum Gasteiger partial charge on any atom is -0.484 e. The Labute approximate surface area is 110 Å². The van der Waals surface area contributed by atoms with E-state index in [1.54, 1.807) is 0 Å². The van der Waals surface area contributed by atoms with Gasteiger partial charge in [0.2, 0.25) is 0 Å². The number of benzene rings is 1. The molecule has 18 heavy (non-hydrogen) atoms. The lowest BCUT2D eigenvalue weighted by molar-refractivity contribution is -0.123. The number of amides is 1. The molecule has 1 N–H and O–H groups in total. The van der Waals surface area contributed by atoms with E-state index in [-0.39, 0.29) is 17.9 Å². The van der Waals surface area contributed by atoms with Gasteiger partial charge in [0.05, 0.1) is 0 Å². The average molecular weight is 249 g/mol. The number of hydrogen-bond acceptors (Lipinski definition) is 2. The van der Waals surface area contributed by atoms with E-state index in [4.69, 9.17) is 4.74 Å². The fourth-order valence-electron chi connectivity index (χ4n) is 1.39. The molecule has 1 rings (SSSR count). The number of rotatable bonds is 5. The molecule has 0 radical (unpaired) electrons. The SMILES string of the molecule is CCc1ccc(OCC(=O)NCC(C)(C)C)cc1. The quantitative estimate of drug-likeness (QED) is 0.871. The van der Waals surface area contributed by atoms with Crippen molar-refractivity contribution in [1.82, 2.24) is 5.32 Å². The molecule has 0 unspecified atom stereocenters. The molecular formula is C15H23NO2. The van der Waals surface area contributed by atoms with Crippen LogP contribution in [0.3, 0.4) is 0 Å². The van der Waals surface area contributed by atoms with Gasteiger partial charge in [-0.15, -0.1) is 0 Å². The zero-order chi connectivity index (χ0) is 13.6. The Morgan fingerprint density at radius 1 is 1.22 bits per heavy atom. The van der Waals surface area contributed by atoms with E-state index in [0.717, 1.165) is 12.2 Å². The molecule has 0 saturated heterocycles. The van der Waals surface area contributed by atoms with Crippen LogP contribution in [0, 0.1) is 5.41 Å². The number of nitrogens with one attached hydrogen (secondary N) is 1. The van der Waals surface area contributed by atoms with Crippen molar-refractivity contribution in [1.29, 1.82) is 0 Å². The third kappa shape index (κ3) is 5.71. The second-order valence-electron chi connectivity index (χ2n) is 5.62. The zero-order valence-electron chi connectivity index (χ0n) is 11.7. The summed E-state index contributed by atoms with van der Waals surface area (Å²) in [4.78, 5) is 11.6. The van der Waals surface area contributed by atoms with Gasteiger partial charge in [0.15, 0.2) is 6.61 Å². The van der Waals surface area contributed by atoms with Crippen molar-refractivity contribution >= 4 is 5.91 Å². The van der Waals surface area contributed by atoms with E-state index < -0.39 is 0 Å². The van der Waals surface area contributed by atoms with E-state index in [1.165, 1.54) is 5.56 Å². The molecule has 0 fully saturated rings. The fourth-order valence-corrected chi connectivity index (χ4v) is 1.39. The molecule has 0 bridgehead atoms.